The zero-order valence-corrected chi connectivity index (χ0v) is 12.2. The van der Waals surface area contributed by atoms with Crippen molar-refractivity contribution in [2.75, 3.05) is 7.11 Å². The molecule has 22 heavy (non-hydrogen) atoms. The van der Waals surface area contributed by atoms with Crippen molar-refractivity contribution >= 4 is 18.9 Å². The standard InChI is InChI=1S/C13H15BN2O6/c1-3-10(17)15-9-6-7-4-5-8(21-2)11(13(18)19)12(7)22-14(9)16-20/h4-5,9H,3,6H2,1-2H3,(H,15,17)(H,18,19)/t9-/m0/s1. The van der Waals surface area contributed by atoms with E-state index < -0.39 is 19.0 Å². The molecule has 0 saturated heterocycles. The Balaban J connectivity index is 2.42. The number of fused-ring (bicyclic) bond motifs is 1. The number of carbonyl (C=O) groups is 2. The summed E-state index contributed by atoms with van der Waals surface area (Å²) in [7, 11) is 0.157. The number of hydrogen-bond donors (Lipinski definition) is 2. The Morgan fingerprint density at radius 1 is 1.55 bits per heavy atom. The molecule has 9 heteroatoms. The molecule has 1 aromatic carbocycles. The van der Waals surface area contributed by atoms with E-state index >= 15 is 0 Å². The summed E-state index contributed by atoms with van der Waals surface area (Å²) in [4.78, 5) is 33.9. The Hall–Kier alpha value is -2.58. The first kappa shape index (κ1) is 15.8. The second kappa shape index (κ2) is 6.46. The first-order chi connectivity index (χ1) is 10.5. The summed E-state index contributed by atoms with van der Waals surface area (Å²) in [5.41, 5.74) is 0.411. The van der Waals surface area contributed by atoms with E-state index in [1.807, 2.05) is 0 Å². The molecule has 8 nitrogen and oxygen atoms in total. The predicted octanol–water partition coefficient (Wildman–Crippen LogP) is 1.02. The number of benzene rings is 1. The maximum Gasteiger partial charge on any atom is 0.570 e. The van der Waals surface area contributed by atoms with Crippen molar-refractivity contribution in [2.45, 2.75) is 25.7 Å². The lowest BCUT2D eigenvalue weighted by atomic mass is 9.68. The molecule has 1 aliphatic rings. The fourth-order valence-electron chi connectivity index (χ4n) is 2.34. The fraction of sp³-hybridized carbons (Fsp3) is 0.385. The third kappa shape index (κ3) is 2.88. The van der Waals surface area contributed by atoms with Gasteiger partial charge in [-0.15, -0.1) is 0 Å². The van der Waals surface area contributed by atoms with Gasteiger partial charge in [0.25, 0.3) is 0 Å². The fourth-order valence-corrected chi connectivity index (χ4v) is 2.34. The normalized spacial score (nSPS) is 16.3. The minimum absolute atomic E-state index is 0.0541. The number of nitrogens with zero attached hydrogens (tertiary/aromatic N) is 1. The smallest absolute Gasteiger partial charge is 0.536 e. The summed E-state index contributed by atoms with van der Waals surface area (Å²) in [6, 6.07) is 3.16. The molecule has 0 bridgehead atoms. The SMILES string of the molecule is CCC(=O)N[C@H]1Cc2ccc(OC)c(C(=O)O)c2OB1N=O. The van der Waals surface area contributed by atoms with Crippen LogP contribution in [0, 0.1) is 4.91 Å². The van der Waals surface area contributed by atoms with Crippen LogP contribution in [0.4, 0.5) is 0 Å². The summed E-state index contributed by atoms with van der Waals surface area (Å²) in [6.07, 6.45) is 0.514. The van der Waals surface area contributed by atoms with Gasteiger partial charge in [0.1, 0.15) is 17.1 Å². The monoisotopic (exact) mass is 306 g/mol. The summed E-state index contributed by atoms with van der Waals surface area (Å²) < 4.78 is 10.4. The van der Waals surface area contributed by atoms with Crippen molar-refractivity contribution in [2.24, 2.45) is 5.09 Å². The molecule has 0 fully saturated rings. The van der Waals surface area contributed by atoms with Crippen LogP contribution < -0.4 is 14.7 Å². The third-order valence-electron chi connectivity index (χ3n) is 3.43. The van der Waals surface area contributed by atoms with Crippen LogP contribution in [0.5, 0.6) is 11.5 Å². The van der Waals surface area contributed by atoms with Crippen molar-refractivity contribution in [1.29, 1.82) is 0 Å². The maximum absolute atomic E-state index is 11.5. The Kier molecular flexibility index (Phi) is 4.64. The number of rotatable bonds is 5. The van der Waals surface area contributed by atoms with Gasteiger partial charge in [-0.2, -0.15) is 4.91 Å². The second-order valence-corrected chi connectivity index (χ2v) is 4.78. The summed E-state index contributed by atoms with van der Waals surface area (Å²) >= 11 is 0. The molecule has 0 saturated carbocycles. The van der Waals surface area contributed by atoms with E-state index in [4.69, 9.17) is 9.39 Å². The number of methoxy groups -OCH3 is 1. The molecule has 0 aromatic heterocycles. The number of amides is 1. The van der Waals surface area contributed by atoms with E-state index in [1.165, 1.54) is 13.2 Å². The van der Waals surface area contributed by atoms with Gasteiger partial charge in [-0.05, 0) is 18.1 Å². The van der Waals surface area contributed by atoms with Crippen LogP contribution in [0.25, 0.3) is 0 Å². The van der Waals surface area contributed by atoms with Crippen molar-refractivity contribution < 1.29 is 24.1 Å². The average Bonchev–Trinajstić information content (AvgIpc) is 2.52. The van der Waals surface area contributed by atoms with Crippen LogP contribution in [-0.2, 0) is 11.2 Å². The quantitative estimate of drug-likeness (QED) is 0.620. The van der Waals surface area contributed by atoms with Gasteiger partial charge in [0.15, 0.2) is 0 Å². The Labute approximate surface area is 126 Å². The highest BCUT2D eigenvalue weighted by atomic mass is 16.5. The van der Waals surface area contributed by atoms with Crippen molar-refractivity contribution in [3.05, 3.63) is 28.2 Å². The molecule has 0 radical (unpaired) electrons. The highest BCUT2D eigenvalue weighted by Crippen LogP contribution is 2.36. The Morgan fingerprint density at radius 3 is 2.82 bits per heavy atom. The maximum atomic E-state index is 11.5. The lowest BCUT2D eigenvalue weighted by Gasteiger charge is -2.28. The third-order valence-corrected chi connectivity index (χ3v) is 3.43. The summed E-state index contributed by atoms with van der Waals surface area (Å²) in [6.45, 7) is 1.68. The number of carboxylic acid groups (broad SMARTS) is 1. The first-order valence-electron chi connectivity index (χ1n) is 6.73. The molecule has 2 N–H and O–H groups in total. The number of carboxylic acids is 1. The molecule has 0 spiro atoms. The lowest BCUT2D eigenvalue weighted by molar-refractivity contribution is -0.121. The minimum Gasteiger partial charge on any atom is -0.536 e. The molecule has 116 valence electrons. The van der Waals surface area contributed by atoms with Crippen LogP contribution in [-0.4, -0.2) is 37.1 Å². The van der Waals surface area contributed by atoms with Gasteiger partial charge in [0, 0.05) is 6.42 Å². The highest BCUT2D eigenvalue weighted by Gasteiger charge is 2.41. The summed E-state index contributed by atoms with van der Waals surface area (Å²) in [5, 5.41) is 14.8. The van der Waals surface area contributed by atoms with Crippen LogP contribution in [0.2, 0.25) is 0 Å². The molecule has 1 atom stereocenters. The van der Waals surface area contributed by atoms with E-state index in [-0.39, 0.29) is 35.8 Å². The number of hydrogen-bond acceptors (Lipinski definition) is 6. The molecule has 1 amide bonds. The number of carbonyl (C=O) groups excluding carboxylic acids is 1. The van der Waals surface area contributed by atoms with Crippen LogP contribution in [0.1, 0.15) is 29.3 Å². The van der Waals surface area contributed by atoms with Gasteiger partial charge in [-0.1, -0.05) is 18.1 Å². The topological polar surface area (TPSA) is 114 Å². The van der Waals surface area contributed by atoms with Crippen molar-refractivity contribution in [3.8, 4) is 11.5 Å². The molecular weight excluding hydrogens is 291 g/mol. The van der Waals surface area contributed by atoms with Gasteiger partial charge in [0.2, 0.25) is 5.91 Å². The molecule has 1 aliphatic heterocycles. The minimum atomic E-state index is -1.23. The Bertz CT molecular complexity index is 621. The van der Waals surface area contributed by atoms with Crippen molar-refractivity contribution in [3.63, 3.8) is 0 Å². The first-order valence-corrected chi connectivity index (χ1v) is 6.73. The van der Waals surface area contributed by atoms with Crippen molar-refractivity contribution in [1.82, 2.24) is 5.32 Å². The zero-order chi connectivity index (χ0) is 16.3. The van der Waals surface area contributed by atoms with Gasteiger partial charge in [0.05, 0.1) is 13.1 Å². The van der Waals surface area contributed by atoms with Gasteiger partial charge in [-0.25, -0.2) is 4.79 Å². The molecule has 0 aliphatic carbocycles. The van der Waals surface area contributed by atoms with E-state index in [2.05, 4.69) is 10.4 Å². The van der Waals surface area contributed by atoms with E-state index in [1.54, 1.807) is 13.0 Å². The van der Waals surface area contributed by atoms with E-state index in [9.17, 15) is 19.6 Å². The predicted molar refractivity (Wildman–Crippen MR) is 78.1 cm³/mol. The van der Waals surface area contributed by atoms with Crippen LogP contribution in [0.15, 0.2) is 17.2 Å². The van der Waals surface area contributed by atoms with Crippen LogP contribution in [0.3, 0.4) is 0 Å². The largest absolute Gasteiger partial charge is 0.570 e. The summed E-state index contributed by atoms with van der Waals surface area (Å²) in [5.74, 6) is -1.91. The second-order valence-electron chi connectivity index (χ2n) is 4.78. The van der Waals surface area contributed by atoms with Gasteiger partial charge >= 0.3 is 13.0 Å². The van der Waals surface area contributed by atoms with Gasteiger partial charge in [-0.3, -0.25) is 4.79 Å². The molecule has 2 rings (SSSR count). The highest BCUT2D eigenvalue weighted by molar-refractivity contribution is 6.53. The molecule has 0 unspecified atom stereocenters. The van der Waals surface area contributed by atoms with Gasteiger partial charge < -0.3 is 19.8 Å². The zero-order valence-electron chi connectivity index (χ0n) is 12.2. The van der Waals surface area contributed by atoms with E-state index in [0.29, 0.717) is 5.56 Å². The molecular formula is C13H15BN2O6. The Morgan fingerprint density at radius 2 is 2.27 bits per heavy atom. The number of nitrogens with one attached hydrogen (secondary N) is 1. The van der Waals surface area contributed by atoms with Crippen LogP contribution >= 0.6 is 0 Å². The number of aromatic carboxylic acids is 1. The number of ether oxygens (including phenoxy) is 1. The average molecular weight is 306 g/mol. The molecule has 1 heterocycles. The number of nitroso groups, excluding NO2 is 1. The molecule has 1 aromatic rings. The van der Waals surface area contributed by atoms with E-state index in [0.717, 1.165) is 0 Å². The lowest BCUT2D eigenvalue weighted by Crippen LogP contribution is -2.52.